The van der Waals surface area contributed by atoms with Crippen LogP contribution in [0.4, 0.5) is 0 Å². The maximum absolute atomic E-state index is 11.1. The van der Waals surface area contributed by atoms with Crippen molar-refractivity contribution >= 4 is 29.1 Å². The molecule has 0 spiro atoms. The summed E-state index contributed by atoms with van der Waals surface area (Å²) in [5.41, 5.74) is 1.03. The Hall–Kier alpha value is -0.770. The van der Waals surface area contributed by atoms with Crippen LogP contribution in [0.5, 0.6) is 0 Å². The molecule has 94 valence electrons. The zero-order valence-corrected chi connectivity index (χ0v) is 11.2. The Bertz CT molecular complexity index is 383. The maximum Gasteiger partial charge on any atom is 0.233 e. The average molecular weight is 275 g/mol. The fourth-order valence-corrected chi connectivity index (χ4v) is 1.91. The lowest BCUT2D eigenvalue weighted by Gasteiger charge is -2.06. The highest BCUT2D eigenvalue weighted by Gasteiger charge is 2.02. The van der Waals surface area contributed by atoms with Gasteiger partial charge < -0.3 is 10.6 Å². The van der Waals surface area contributed by atoms with Crippen molar-refractivity contribution in [2.45, 2.75) is 13.3 Å². The molecule has 0 aliphatic carbocycles. The lowest BCUT2D eigenvalue weighted by molar-refractivity contribution is -0.120. The van der Waals surface area contributed by atoms with Crippen LogP contribution in [0, 0.1) is 0 Å². The molecule has 0 bridgehead atoms. The van der Waals surface area contributed by atoms with Gasteiger partial charge in [-0.2, -0.15) is 0 Å². The third kappa shape index (κ3) is 5.39. The number of benzene rings is 1. The maximum atomic E-state index is 11.1. The second kappa shape index (κ2) is 7.54. The van der Waals surface area contributed by atoms with Gasteiger partial charge in [0.1, 0.15) is 0 Å². The topological polar surface area (TPSA) is 41.1 Å². The van der Waals surface area contributed by atoms with Crippen molar-refractivity contribution < 1.29 is 4.79 Å². The Kier molecular flexibility index (Phi) is 6.34. The largest absolute Gasteiger partial charge is 0.355 e. The van der Waals surface area contributed by atoms with Crippen LogP contribution < -0.4 is 10.6 Å². The van der Waals surface area contributed by atoms with E-state index >= 15 is 0 Å². The first kappa shape index (κ1) is 14.3. The van der Waals surface area contributed by atoms with Gasteiger partial charge in [-0.1, -0.05) is 29.3 Å². The molecule has 1 aromatic rings. The summed E-state index contributed by atoms with van der Waals surface area (Å²) in [6.45, 7) is 3.59. The Balaban J connectivity index is 2.29. The smallest absolute Gasteiger partial charge is 0.233 e. The Morgan fingerprint density at radius 3 is 2.76 bits per heavy atom. The second-order valence-corrected chi connectivity index (χ2v) is 4.46. The van der Waals surface area contributed by atoms with Crippen molar-refractivity contribution in [1.29, 1.82) is 0 Å². The summed E-state index contributed by atoms with van der Waals surface area (Å²) in [5, 5.41) is 7.07. The van der Waals surface area contributed by atoms with E-state index in [-0.39, 0.29) is 5.91 Å². The van der Waals surface area contributed by atoms with Crippen LogP contribution in [-0.2, 0) is 11.2 Å². The third-order valence-electron chi connectivity index (χ3n) is 2.25. The summed E-state index contributed by atoms with van der Waals surface area (Å²) < 4.78 is 0. The highest BCUT2D eigenvalue weighted by Crippen LogP contribution is 2.20. The molecule has 3 nitrogen and oxygen atoms in total. The zero-order valence-electron chi connectivity index (χ0n) is 9.72. The highest BCUT2D eigenvalue weighted by atomic mass is 35.5. The molecule has 0 aliphatic rings. The molecule has 1 amide bonds. The summed E-state index contributed by atoms with van der Waals surface area (Å²) in [7, 11) is 0. The van der Waals surface area contributed by atoms with Crippen LogP contribution in [0.2, 0.25) is 10.0 Å². The number of rotatable bonds is 6. The SMILES string of the molecule is CCNC(=O)CNCCc1ccc(Cl)cc1Cl. The fourth-order valence-electron chi connectivity index (χ4n) is 1.41. The quantitative estimate of drug-likeness (QED) is 0.782. The summed E-state index contributed by atoms with van der Waals surface area (Å²) >= 11 is 11.8. The number of carbonyl (C=O) groups excluding carboxylic acids is 1. The van der Waals surface area contributed by atoms with Gasteiger partial charge in [-0.15, -0.1) is 0 Å². The average Bonchev–Trinajstić information content (AvgIpc) is 2.27. The van der Waals surface area contributed by atoms with Crippen LogP contribution in [-0.4, -0.2) is 25.5 Å². The van der Waals surface area contributed by atoms with Crippen molar-refractivity contribution in [1.82, 2.24) is 10.6 Å². The lowest BCUT2D eigenvalue weighted by Crippen LogP contribution is -2.34. The molecule has 0 aliphatic heterocycles. The van der Waals surface area contributed by atoms with Crippen LogP contribution >= 0.6 is 23.2 Å². The van der Waals surface area contributed by atoms with Crippen molar-refractivity contribution in [3.8, 4) is 0 Å². The fraction of sp³-hybridized carbons (Fsp3) is 0.417. The predicted octanol–water partition coefficient (Wildman–Crippen LogP) is 2.26. The molecule has 0 heterocycles. The number of hydrogen-bond donors (Lipinski definition) is 2. The first-order valence-corrected chi connectivity index (χ1v) is 6.30. The van der Waals surface area contributed by atoms with Crippen LogP contribution in [0.25, 0.3) is 0 Å². The van der Waals surface area contributed by atoms with Gasteiger partial charge in [0.05, 0.1) is 6.54 Å². The molecule has 0 aromatic heterocycles. The molecule has 0 radical (unpaired) electrons. The molecule has 0 unspecified atom stereocenters. The summed E-state index contributed by atoms with van der Waals surface area (Å²) in [5.74, 6) is 0.00898. The van der Waals surface area contributed by atoms with Crippen LogP contribution in [0.15, 0.2) is 18.2 Å². The summed E-state index contributed by atoms with van der Waals surface area (Å²) in [4.78, 5) is 11.1. The lowest BCUT2D eigenvalue weighted by atomic mass is 10.1. The minimum absolute atomic E-state index is 0.00898. The van der Waals surface area contributed by atoms with E-state index < -0.39 is 0 Å². The highest BCUT2D eigenvalue weighted by molar-refractivity contribution is 6.35. The first-order valence-electron chi connectivity index (χ1n) is 5.54. The van der Waals surface area contributed by atoms with Crippen LogP contribution in [0.3, 0.4) is 0 Å². The molecule has 0 saturated carbocycles. The van der Waals surface area contributed by atoms with Crippen LogP contribution in [0.1, 0.15) is 12.5 Å². The molecule has 1 aromatic carbocycles. The van der Waals surface area contributed by atoms with Gasteiger partial charge in [0.25, 0.3) is 0 Å². The molecule has 2 N–H and O–H groups in total. The Morgan fingerprint density at radius 2 is 2.12 bits per heavy atom. The molecular formula is C12H16Cl2N2O. The standard InChI is InChI=1S/C12H16Cl2N2O/c1-2-16-12(17)8-15-6-5-9-3-4-10(13)7-11(9)14/h3-4,7,15H,2,5-6,8H2,1H3,(H,16,17). The van der Waals surface area contributed by atoms with E-state index in [1.54, 1.807) is 6.07 Å². The minimum atomic E-state index is 0.00898. The number of hydrogen-bond acceptors (Lipinski definition) is 2. The predicted molar refractivity (Wildman–Crippen MR) is 71.7 cm³/mol. The van der Waals surface area contributed by atoms with E-state index in [4.69, 9.17) is 23.2 Å². The first-order chi connectivity index (χ1) is 8.13. The number of halogens is 2. The van der Waals surface area contributed by atoms with Crippen molar-refractivity contribution in [2.24, 2.45) is 0 Å². The van der Waals surface area contributed by atoms with E-state index in [0.717, 1.165) is 12.0 Å². The van der Waals surface area contributed by atoms with Gasteiger partial charge in [-0.05, 0) is 37.6 Å². The van der Waals surface area contributed by atoms with E-state index in [9.17, 15) is 4.79 Å². The van der Waals surface area contributed by atoms with E-state index in [2.05, 4.69) is 10.6 Å². The zero-order chi connectivity index (χ0) is 12.7. The van der Waals surface area contributed by atoms with Gasteiger partial charge in [-0.25, -0.2) is 0 Å². The number of likely N-dealkylation sites (N-methyl/N-ethyl adjacent to an activating group) is 1. The second-order valence-electron chi connectivity index (χ2n) is 3.62. The molecule has 17 heavy (non-hydrogen) atoms. The molecule has 5 heteroatoms. The number of amides is 1. The molecular weight excluding hydrogens is 259 g/mol. The van der Waals surface area contributed by atoms with Crippen molar-refractivity contribution in [3.05, 3.63) is 33.8 Å². The van der Waals surface area contributed by atoms with E-state index in [0.29, 0.717) is 29.7 Å². The minimum Gasteiger partial charge on any atom is -0.355 e. The van der Waals surface area contributed by atoms with E-state index in [1.807, 2.05) is 19.1 Å². The molecule has 0 fully saturated rings. The number of nitrogens with one attached hydrogen (secondary N) is 2. The Labute approximate surface area is 111 Å². The molecule has 0 saturated heterocycles. The monoisotopic (exact) mass is 274 g/mol. The summed E-state index contributed by atoms with van der Waals surface area (Å²) in [6, 6.07) is 5.44. The van der Waals surface area contributed by atoms with Crippen molar-refractivity contribution in [2.75, 3.05) is 19.6 Å². The van der Waals surface area contributed by atoms with Gasteiger partial charge in [0.2, 0.25) is 5.91 Å². The van der Waals surface area contributed by atoms with Gasteiger partial charge in [-0.3, -0.25) is 4.79 Å². The van der Waals surface area contributed by atoms with Gasteiger partial charge in [0.15, 0.2) is 0 Å². The van der Waals surface area contributed by atoms with Gasteiger partial charge in [0, 0.05) is 16.6 Å². The van der Waals surface area contributed by atoms with Gasteiger partial charge >= 0.3 is 0 Å². The molecule has 0 atom stereocenters. The Morgan fingerprint density at radius 1 is 1.35 bits per heavy atom. The molecule has 1 rings (SSSR count). The number of carbonyl (C=O) groups is 1. The third-order valence-corrected chi connectivity index (χ3v) is 2.83. The van der Waals surface area contributed by atoms with Crippen molar-refractivity contribution in [3.63, 3.8) is 0 Å². The summed E-state index contributed by atoms with van der Waals surface area (Å²) in [6.07, 6.45) is 0.773. The van der Waals surface area contributed by atoms with E-state index in [1.165, 1.54) is 0 Å². The normalized spacial score (nSPS) is 10.3.